The number of hydrogen-bond donors (Lipinski definition) is 2. The second-order valence-corrected chi connectivity index (χ2v) is 6.51. The van der Waals surface area contributed by atoms with Crippen LogP contribution < -0.4 is 10.0 Å². The third kappa shape index (κ3) is 3.27. The fraction of sp³-hybridized carbons (Fsp3) is 0.111. The van der Waals surface area contributed by atoms with Gasteiger partial charge in [0, 0.05) is 35.3 Å². The number of rotatable bonds is 5. The number of pyridine rings is 2. The average molecular weight is 365 g/mol. The maximum Gasteiger partial charge on any atom is 0.253 e. The predicted molar refractivity (Wildman–Crippen MR) is 98.6 cm³/mol. The van der Waals surface area contributed by atoms with Crippen molar-refractivity contribution >= 4 is 28.4 Å². The van der Waals surface area contributed by atoms with Gasteiger partial charge >= 0.3 is 0 Å². The molecular weight excluding hydrogens is 350 g/mol. The van der Waals surface area contributed by atoms with Crippen molar-refractivity contribution in [2.75, 3.05) is 6.54 Å². The van der Waals surface area contributed by atoms with Crippen LogP contribution in [0, 0.1) is 5.21 Å². The molecule has 0 saturated heterocycles. The Kier molecular flexibility index (Phi) is 4.32. The van der Waals surface area contributed by atoms with Crippen LogP contribution in [0.5, 0.6) is 0 Å². The fourth-order valence-corrected chi connectivity index (χ4v) is 3.33. The number of carbonyl (C=O) groups excluding carboxylic acids is 1. The Morgan fingerprint density at radius 3 is 3.08 bits per heavy atom. The molecule has 0 unspecified atom stereocenters. The van der Waals surface area contributed by atoms with E-state index in [1.54, 1.807) is 29.7 Å². The van der Waals surface area contributed by atoms with Gasteiger partial charge < -0.3 is 15.5 Å². The molecule has 8 heteroatoms. The smallest absolute Gasteiger partial charge is 0.253 e. The number of nitrogens with one attached hydrogen (secondary N) is 2. The highest BCUT2D eigenvalue weighted by Crippen LogP contribution is 2.23. The van der Waals surface area contributed by atoms with Crippen LogP contribution in [0.25, 0.3) is 22.6 Å². The topological polar surface area (TPSA) is 97.6 Å². The Hall–Kier alpha value is -3.26. The summed E-state index contributed by atoms with van der Waals surface area (Å²) in [5, 5.41) is 18.1. The third-order valence-electron chi connectivity index (χ3n) is 3.96. The van der Waals surface area contributed by atoms with Gasteiger partial charge in [0.15, 0.2) is 18.0 Å². The zero-order valence-corrected chi connectivity index (χ0v) is 14.5. The molecular formula is C18H15N5O2S. The summed E-state index contributed by atoms with van der Waals surface area (Å²) >= 11 is 1.58. The molecule has 2 N–H and O–H groups in total. The van der Waals surface area contributed by atoms with E-state index in [0.717, 1.165) is 15.9 Å². The van der Waals surface area contributed by atoms with E-state index in [1.165, 1.54) is 12.4 Å². The number of aromatic nitrogens is 4. The first-order chi connectivity index (χ1) is 12.7. The number of imidazole rings is 1. The van der Waals surface area contributed by atoms with Gasteiger partial charge in [-0.2, -0.15) is 16.1 Å². The average Bonchev–Trinajstić information content (AvgIpc) is 3.30. The summed E-state index contributed by atoms with van der Waals surface area (Å²) in [6.45, 7) is 0.425. The zero-order chi connectivity index (χ0) is 17.9. The largest absolute Gasteiger partial charge is 0.619 e. The van der Waals surface area contributed by atoms with Gasteiger partial charge in [-0.15, -0.1) is 0 Å². The van der Waals surface area contributed by atoms with E-state index in [-0.39, 0.29) is 5.91 Å². The van der Waals surface area contributed by atoms with E-state index in [1.807, 2.05) is 22.9 Å². The number of thiophene rings is 1. The number of fused-ring (bicyclic) bond motifs is 1. The van der Waals surface area contributed by atoms with E-state index in [4.69, 9.17) is 0 Å². The van der Waals surface area contributed by atoms with Gasteiger partial charge in [0.25, 0.3) is 5.91 Å². The molecule has 0 bridgehead atoms. The van der Waals surface area contributed by atoms with Crippen molar-refractivity contribution in [3.63, 3.8) is 0 Å². The lowest BCUT2D eigenvalue weighted by Gasteiger charge is -2.05. The molecule has 0 spiro atoms. The van der Waals surface area contributed by atoms with Crippen LogP contribution in [0.15, 0.2) is 53.6 Å². The van der Waals surface area contributed by atoms with Crippen LogP contribution in [0.1, 0.15) is 15.9 Å². The number of H-pyrrole nitrogens is 1. The summed E-state index contributed by atoms with van der Waals surface area (Å²) in [6, 6.07) is 7.16. The Morgan fingerprint density at radius 2 is 2.27 bits per heavy atom. The Balaban J connectivity index is 1.51. The molecule has 0 atom stereocenters. The molecule has 4 heterocycles. The standard InChI is InChI=1S/C18H15N5O2S/c24-18(20-6-3-12-2-1-8-23(25)10-12)14-4-7-19-17-15(14)21-16(22-17)13-5-9-26-11-13/h1-2,4-5,7-11H,3,6H2,(H,20,24)(H,19,21,22). The van der Waals surface area contributed by atoms with E-state index < -0.39 is 0 Å². The molecule has 0 aromatic carbocycles. The lowest BCUT2D eigenvalue weighted by atomic mass is 10.2. The molecule has 0 radical (unpaired) electrons. The molecule has 0 aliphatic rings. The van der Waals surface area contributed by atoms with Crippen molar-refractivity contribution in [2.45, 2.75) is 6.42 Å². The Labute approximate surface area is 153 Å². The Bertz CT molecular complexity index is 1060. The van der Waals surface area contributed by atoms with Crippen molar-refractivity contribution in [1.82, 2.24) is 20.3 Å². The van der Waals surface area contributed by atoms with Gasteiger partial charge in [0.05, 0.1) is 5.56 Å². The molecule has 4 aromatic heterocycles. The maximum atomic E-state index is 12.6. The Morgan fingerprint density at radius 1 is 1.35 bits per heavy atom. The molecule has 0 aliphatic heterocycles. The first-order valence-electron chi connectivity index (χ1n) is 8.04. The number of carbonyl (C=O) groups is 1. The predicted octanol–water partition coefficient (Wildman–Crippen LogP) is 2.29. The van der Waals surface area contributed by atoms with Crippen molar-refractivity contribution in [1.29, 1.82) is 0 Å². The highest BCUT2D eigenvalue weighted by atomic mass is 32.1. The van der Waals surface area contributed by atoms with Crippen LogP contribution in [-0.4, -0.2) is 27.4 Å². The van der Waals surface area contributed by atoms with Gasteiger partial charge in [0.2, 0.25) is 0 Å². The summed E-state index contributed by atoms with van der Waals surface area (Å²) < 4.78 is 0.749. The summed E-state index contributed by atoms with van der Waals surface area (Å²) in [5.74, 6) is 0.477. The minimum absolute atomic E-state index is 0.216. The van der Waals surface area contributed by atoms with Gasteiger partial charge in [-0.25, -0.2) is 9.97 Å². The van der Waals surface area contributed by atoms with E-state index >= 15 is 0 Å². The minimum atomic E-state index is -0.216. The molecule has 1 amide bonds. The summed E-state index contributed by atoms with van der Waals surface area (Å²) in [5.41, 5.74) is 3.42. The second kappa shape index (κ2) is 6.93. The lowest BCUT2D eigenvalue weighted by molar-refractivity contribution is -0.605. The van der Waals surface area contributed by atoms with E-state index in [2.05, 4.69) is 20.3 Å². The van der Waals surface area contributed by atoms with Gasteiger partial charge in [-0.05, 0) is 30.0 Å². The zero-order valence-electron chi connectivity index (χ0n) is 13.7. The fourth-order valence-electron chi connectivity index (χ4n) is 2.69. The number of aromatic amines is 1. The normalized spacial score (nSPS) is 10.9. The van der Waals surface area contributed by atoms with Crippen LogP contribution in [-0.2, 0) is 6.42 Å². The van der Waals surface area contributed by atoms with Crippen LogP contribution in [0.4, 0.5) is 0 Å². The minimum Gasteiger partial charge on any atom is -0.619 e. The van der Waals surface area contributed by atoms with Gasteiger partial charge in [0.1, 0.15) is 11.3 Å². The molecule has 0 aliphatic carbocycles. The maximum absolute atomic E-state index is 12.6. The number of nitrogens with zero attached hydrogens (tertiary/aromatic N) is 3. The first-order valence-corrected chi connectivity index (χ1v) is 8.98. The molecule has 4 rings (SSSR count). The van der Waals surface area contributed by atoms with Gasteiger partial charge in [-0.1, -0.05) is 0 Å². The van der Waals surface area contributed by atoms with Crippen molar-refractivity contribution < 1.29 is 9.52 Å². The monoisotopic (exact) mass is 365 g/mol. The highest BCUT2D eigenvalue weighted by molar-refractivity contribution is 7.08. The molecule has 26 heavy (non-hydrogen) atoms. The number of hydrogen-bond acceptors (Lipinski definition) is 5. The third-order valence-corrected chi connectivity index (χ3v) is 4.64. The van der Waals surface area contributed by atoms with Crippen molar-refractivity contribution in [2.24, 2.45) is 0 Å². The van der Waals surface area contributed by atoms with E-state index in [0.29, 0.717) is 35.5 Å². The highest BCUT2D eigenvalue weighted by Gasteiger charge is 2.15. The van der Waals surface area contributed by atoms with Crippen LogP contribution in [0.3, 0.4) is 0 Å². The van der Waals surface area contributed by atoms with Crippen molar-refractivity contribution in [3.8, 4) is 11.4 Å². The molecule has 0 fully saturated rings. The summed E-state index contributed by atoms with van der Waals surface area (Å²) in [4.78, 5) is 24.5. The van der Waals surface area contributed by atoms with E-state index in [9.17, 15) is 10.0 Å². The number of amides is 1. The molecule has 7 nitrogen and oxygen atoms in total. The molecule has 4 aromatic rings. The molecule has 0 saturated carbocycles. The SMILES string of the molecule is O=C(NCCc1ccc[n+]([O-])c1)c1ccnc2[nH]c(-c3ccsc3)nc12. The van der Waals surface area contributed by atoms with Gasteiger partial charge in [-0.3, -0.25) is 4.79 Å². The lowest BCUT2D eigenvalue weighted by Crippen LogP contribution is -2.28. The van der Waals surface area contributed by atoms with Crippen LogP contribution in [0.2, 0.25) is 0 Å². The van der Waals surface area contributed by atoms with Crippen molar-refractivity contribution in [3.05, 3.63) is 70.0 Å². The van der Waals surface area contributed by atoms with Crippen LogP contribution >= 0.6 is 11.3 Å². The second-order valence-electron chi connectivity index (χ2n) is 5.73. The quantitative estimate of drug-likeness (QED) is 0.419. The summed E-state index contributed by atoms with van der Waals surface area (Å²) in [7, 11) is 0. The summed E-state index contributed by atoms with van der Waals surface area (Å²) in [6.07, 6.45) is 5.09. The molecule has 130 valence electrons. The first kappa shape index (κ1) is 16.2.